The van der Waals surface area contributed by atoms with Crippen molar-refractivity contribution in [2.45, 2.75) is 61.3 Å². The molecule has 0 saturated carbocycles. The molecule has 17 heavy (non-hydrogen) atoms. The topological polar surface area (TPSA) is 0 Å². The molecule has 0 spiro atoms. The summed E-state index contributed by atoms with van der Waals surface area (Å²) in [6.07, 6.45) is 4.83. The highest BCUT2D eigenvalue weighted by Crippen LogP contribution is 2.53. The Kier molecular flexibility index (Phi) is 3.96. The van der Waals surface area contributed by atoms with E-state index >= 15 is 0 Å². The van der Waals surface area contributed by atoms with Gasteiger partial charge in [0.15, 0.2) is 0 Å². The highest BCUT2D eigenvalue weighted by molar-refractivity contribution is 5.24. The van der Waals surface area contributed by atoms with Crippen LogP contribution in [0.4, 0.5) is 0 Å². The van der Waals surface area contributed by atoms with Crippen molar-refractivity contribution in [3.05, 3.63) is 23.8 Å². The zero-order valence-electron chi connectivity index (χ0n) is 12.9. The average molecular weight is 234 g/mol. The Bertz CT molecular complexity index is 326. The van der Waals surface area contributed by atoms with Crippen LogP contribution >= 0.6 is 0 Å². The minimum atomic E-state index is 0.248. The maximum absolute atomic E-state index is 4.41. The van der Waals surface area contributed by atoms with Gasteiger partial charge in [-0.15, -0.1) is 0 Å². The zero-order valence-corrected chi connectivity index (χ0v) is 12.9. The van der Waals surface area contributed by atoms with Crippen LogP contribution in [-0.4, -0.2) is 0 Å². The van der Waals surface area contributed by atoms with E-state index in [1.54, 1.807) is 0 Å². The van der Waals surface area contributed by atoms with Crippen LogP contribution in [0.2, 0.25) is 0 Å². The van der Waals surface area contributed by atoms with Crippen LogP contribution in [0.15, 0.2) is 23.8 Å². The summed E-state index contributed by atoms with van der Waals surface area (Å²) in [6.45, 7) is 20.8. The van der Waals surface area contributed by atoms with Crippen molar-refractivity contribution in [3.63, 3.8) is 0 Å². The average Bonchev–Trinajstić information content (AvgIpc) is 1.93. The summed E-state index contributed by atoms with van der Waals surface area (Å²) in [7, 11) is 0. The number of allylic oxidation sites excluding steroid dienone is 3. The molecule has 0 heterocycles. The summed E-state index contributed by atoms with van der Waals surface area (Å²) in [5.74, 6) is 1.31. The SMILES string of the molecule is C=C(CC(C)C)C1C(C)(C)C=C(C)CC1(C)C. The maximum Gasteiger partial charge on any atom is -0.00654 e. The third kappa shape index (κ3) is 3.24. The van der Waals surface area contributed by atoms with E-state index in [0.717, 1.165) is 6.42 Å². The standard InChI is InChI=1S/C17H30/c1-12(2)9-14(4)15-16(5,6)10-13(3)11-17(15,7)8/h10,12,15H,4,9,11H2,1-3,5-8H3. The molecule has 0 amide bonds. The fourth-order valence-corrected chi connectivity index (χ4v) is 4.32. The van der Waals surface area contributed by atoms with Gasteiger partial charge >= 0.3 is 0 Å². The van der Waals surface area contributed by atoms with Crippen molar-refractivity contribution in [2.24, 2.45) is 22.7 Å². The van der Waals surface area contributed by atoms with E-state index in [1.807, 2.05) is 0 Å². The summed E-state index contributed by atoms with van der Waals surface area (Å²) in [6, 6.07) is 0. The van der Waals surface area contributed by atoms with Crippen molar-refractivity contribution < 1.29 is 0 Å². The smallest absolute Gasteiger partial charge is 0.00654 e. The molecule has 98 valence electrons. The molecule has 0 aromatic carbocycles. The molecule has 0 fully saturated rings. The number of hydrogen-bond acceptors (Lipinski definition) is 0. The van der Waals surface area contributed by atoms with Crippen LogP contribution in [0.25, 0.3) is 0 Å². The van der Waals surface area contributed by atoms with Gasteiger partial charge in [-0.2, -0.15) is 0 Å². The van der Waals surface area contributed by atoms with Crippen molar-refractivity contribution >= 4 is 0 Å². The molecular formula is C17H30. The maximum atomic E-state index is 4.41. The zero-order chi connectivity index (χ0) is 13.4. The molecule has 0 nitrogen and oxygen atoms in total. The molecule has 0 saturated heterocycles. The highest BCUT2D eigenvalue weighted by atomic mass is 14.5. The van der Waals surface area contributed by atoms with E-state index in [-0.39, 0.29) is 5.41 Å². The minimum Gasteiger partial charge on any atom is -0.0995 e. The molecule has 0 bridgehead atoms. The Morgan fingerprint density at radius 1 is 1.35 bits per heavy atom. The molecule has 0 radical (unpaired) electrons. The second-order valence-electron chi connectivity index (χ2n) is 7.67. The predicted octanol–water partition coefficient (Wildman–Crippen LogP) is 5.61. The molecule has 1 aliphatic carbocycles. The lowest BCUT2D eigenvalue weighted by molar-refractivity contribution is 0.119. The monoisotopic (exact) mass is 234 g/mol. The lowest BCUT2D eigenvalue weighted by Crippen LogP contribution is -2.40. The molecule has 0 aromatic rings. The largest absolute Gasteiger partial charge is 0.0995 e. The summed E-state index contributed by atoms with van der Waals surface area (Å²) < 4.78 is 0. The first-order valence-electron chi connectivity index (χ1n) is 6.92. The Morgan fingerprint density at radius 2 is 1.88 bits per heavy atom. The van der Waals surface area contributed by atoms with Crippen LogP contribution in [-0.2, 0) is 0 Å². The molecule has 1 atom stereocenters. The molecule has 0 heteroatoms. The van der Waals surface area contributed by atoms with Crippen LogP contribution in [0, 0.1) is 22.7 Å². The Balaban J connectivity index is 3.06. The van der Waals surface area contributed by atoms with Gasteiger partial charge in [0, 0.05) is 0 Å². The second-order valence-corrected chi connectivity index (χ2v) is 7.67. The highest BCUT2D eigenvalue weighted by Gasteiger charge is 2.43. The van der Waals surface area contributed by atoms with Gasteiger partial charge in [-0.25, -0.2) is 0 Å². The van der Waals surface area contributed by atoms with Crippen LogP contribution in [0.1, 0.15) is 61.3 Å². The van der Waals surface area contributed by atoms with Gasteiger partial charge in [0.1, 0.15) is 0 Å². The lowest BCUT2D eigenvalue weighted by Gasteiger charge is -2.49. The first-order valence-corrected chi connectivity index (χ1v) is 6.92. The minimum absolute atomic E-state index is 0.248. The van der Waals surface area contributed by atoms with E-state index in [1.165, 1.54) is 17.6 Å². The van der Waals surface area contributed by atoms with Crippen LogP contribution < -0.4 is 0 Å². The number of hydrogen-bond donors (Lipinski definition) is 0. The van der Waals surface area contributed by atoms with E-state index in [0.29, 0.717) is 17.3 Å². The quantitative estimate of drug-likeness (QED) is 0.557. The molecule has 0 aromatic heterocycles. The van der Waals surface area contributed by atoms with Crippen molar-refractivity contribution in [1.29, 1.82) is 0 Å². The van der Waals surface area contributed by atoms with Crippen molar-refractivity contribution in [1.82, 2.24) is 0 Å². The first kappa shape index (κ1) is 14.5. The Hall–Kier alpha value is -0.520. The predicted molar refractivity (Wildman–Crippen MR) is 78.0 cm³/mol. The van der Waals surface area contributed by atoms with Crippen molar-refractivity contribution in [2.75, 3.05) is 0 Å². The van der Waals surface area contributed by atoms with Gasteiger partial charge in [-0.3, -0.25) is 0 Å². The van der Waals surface area contributed by atoms with E-state index < -0.39 is 0 Å². The molecule has 1 aliphatic rings. The van der Waals surface area contributed by atoms with E-state index in [4.69, 9.17) is 0 Å². The molecule has 1 unspecified atom stereocenters. The van der Waals surface area contributed by atoms with Gasteiger partial charge in [-0.05, 0) is 42.4 Å². The van der Waals surface area contributed by atoms with Gasteiger partial charge in [0.2, 0.25) is 0 Å². The summed E-state index contributed by atoms with van der Waals surface area (Å²) in [5.41, 5.74) is 3.57. The molecule has 1 rings (SSSR count). The summed E-state index contributed by atoms with van der Waals surface area (Å²) in [4.78, 5) is 0. The lowest BCUT2D eigenvalue weighted by atomic mass is 9.56. The fourth-order valence-electron chi connectivity index (χ4n) is 4.32. The number of rotatable bonds is 3. The second kappa shape index (κ2) is 4.63. The Labute approximate surface area is 108 Å². The normalized spacial score (nSPS) is 26.8. The molecule has 0 N–H and O–H groups in total. The summed E-state index contributed by atoms with van der Waals surface area (Å²) in [5, 5.41) is 0. The van der Waals surface area contributed by atoms with Gasteiger partial charge < -0.3 is 0 Å². The Morgan fingerprint density at radius 3 is 2.29 bits per heavy atom. The summed E-state index contributed by atoms with van der Waals surface area (Å²) >= 11 is 0. The third-order valence-corrected chi connectivity index (χ3v) is 3.96. The van der Waals surface area contributed by atoms with Gasteiger partial charge in [0.25, 0.3) is 0 Å². The van der Waals surface area contributed by atoms with E-state index in [9.17, 15) is 0 Å². The van der Waals surface area contributed by atoms with Crippen molar-refractivity contribution in [3.8, 4) is 0 Å². The molecular weight excluding hydrogens is 204 g/mol. The van der Waals surface area contributed by atoms with Gasteiger partial charge in [-0.1, -0.05) is 65.3 Å². The van der Waals surface area contributed by atoms with E-state index in [2.05, 4.69) is 61.1 Å². The van der Waals surface area contributed by atoms with Gasteiger partial charge in [0.05, 0.1) is 0 Å². The fraction of sp³-hybridized carbons (Fsp3) is 0.765. The first-order chi connectivity index (χ1) is 7.56. The molecule has 0 aliphatic heterocycles. The van der Waals surface area contributed by atoms with Crippen LogP contribution in [0.5, 0.6) is 0 Å². The third-order valence-electron chi connectivity index (χ3n) is 3.96. The van der Waals surface area contributed by atoms with Crippen LogP contribution in [0.3, 0.4) is 0 Å².